The van der Waals surface area contributed by atoms with E-state index in [1.54, 1.807) is 12.1 Å². The lowest BCUT2D eigenvalue weighted by atomic mass is 9.81. The van der Waals surface area contributed by atoms with Crippen molar-refractivity contribution in [3.63, 3.8) is 0 Å². The topological polar surface area (TPSA) is 44.4 Å². The van der Waals surface area contributed by atoms with Crippen LogP contribution < -0.4 is 15.5 Å². The summed E-state index contributed by atoms with van der Waals surface area (Å²) in [5.74, 6) is 0.223. The van der Waals surface area contributed by atoms with Crippen molar-refractivity contribution in [2.24, 2.45) is 5.92 Å². The number of hydrogen-bond acceptors (Lipinski definition) is 2. The molecular weight excluding hydrogens is 394 g/mol. The third-order valence-electron chi connectivity index (χ3n) is 5.82. The van der Waals surface area contributed by atoms with Crippen molar-refractivity contribution < 1.29 is 4.79 Å². The molecule has 1 aliphatic rings. The van der Waals surface area contributed by atoms with Gasteiger partial charge in [-0.15, -0.1) is 0 Å². The zero-order chi connectivity index (χ0) is 21.1. The highest BCUT2D eigenvalue weighted by Gasteiger charge is 2.40. The van der Waals surface area contributed by atoms with Crippen LogP contribution in [0.3, 0.4) is 0 Å². The van der Waals surface area contributed by atoms with Gasteiger partial charge in [-0.2, -0.15) is 0 Å². The maximum Gasteiger partial charge on any atom is 0.326 e. The Balaban J connectivity index is 1.68. The van der Waals surface area contributed by atoms with Gasteiger partial charge in [-0.3, -0.25) is 4.90 Å². The second-order valence-electron chi connectivity index (χ2n) is 7.69. The first-order valence-electron chi connectivity index (χ1n) is 10.3. The van der Waals surface area contributed by atoms with Gasteiger partial charge < -0.3 is 10.6 Å². The standard InChI is InChI=1S/C25H26ClN3O/c1-3-22-17(2)24(27-19-9-5-4-6-10-19)21-11-7-8-12-23(21)29(22)25(30)28-20-15-13-18(26)14-16-20/h4-17,22,24,27H,3H2,1-2H3,(H,28,30)/t17-,22-,24+/m1/s1. The Bertz CT molecular complexity index is 1010. The van der Waals surface area contributed by atoms with Gasteiger partial charge in [-0.1, -0.05) is 61.8 Å². The number of anilines is 3. The molecule has 0 aliphatic carbocycles. The summed E-state index contributed by atoms with van der Waals surface area (Å²) < 4.78 is 0. The van der Waals surface area contributed by atoms with Crippen molar-refractivity contribution in [1.82, 2.24) is 0 Å². The van der Waals surface area contributed by atoms with Crippen LogP contribution in [0, 0.1) is 5.92 Å². The van der Waals surface area contributed by atoms with Crippen LogP contribution in [0.1, 0.15) is 31.9 Å². The lowest BCUT2D eigenvalue weighted by molar-refractivity contribution is 0.247. The molecule has 0 aromatic heterocycles. The highest BCUT2D eigenvalue weighted by Crippen LogP contribution is 2.43. The van der Waals surface area contributed by atoms with Crippen LogP contribution in [-0.2, 0) is 0 Å². The Morgan fingerprint density at radius 2 is 1.60 bits per heavy atom. The van der Waals surface area contributed by atoms with E-state index in [9.17, 15) is 4.79 Å². The maximum absolute atomic E-state index is 13.4. The van der Waals surface area contributed by atoms with Crippen molar-refractivity contribution in [1.29, 1.82) is 0 Å². The molecule has 30 heavy (non-hydrogen) atoms. The predicted octanol–water partition coefficient (Wildman–Crippen LogP) is 6.96. The first kappa shape index (κ1) is 20.3. The van der Waals surface area contributed by atoms with Crippen molar-refractivity contribution in [2.45, 2.75) is 32.4 Å². The average molecular weight is 420 g/mol. The minimum atomic E-state index is -0.123. The number of nitrogens with zero attached hydrogens (tertiary/aromatic N) is 1. The second-order valence-corrected chi connectivity index (χ2v) is 8.13. The summed E-state index contributed by atoms with van der Waals surface area (Å²) in [7, 11) is 0. The summed E-state index contributed by atoms with van der Waals surface area (Å²) in [5, 5.41) is 7.38. The molecular formula is C25H26ClN3O. The number of halogens is 1. The number of carbonyl (C=O) groups excluding carboxylic acids is 1. The van der Waals surface area contributed by atoms with Crippen LogP contribution in [0.2, 0.25) is 5.02 Å². The van der Waals surface area contributed by atoms with E-state index in [1.165, 1.54) is 0 Å². The van der Waals surface area contributed by atoms with Gasteiger partial charge in [0.15, 0.2) is 0 Å². The van der Waals surface area contributed by atoms with Gasteiger partial charge in [0.1, 0.15) is 0 Å². The zero-order valence-electron chi connectivity index (χ0n) is 17.2. The number of fused-ring (bicyclic) bond motifs is 1. The Labute approximate surface area is 182 Å². The maximum atomic E-state index is 13.4. The van der Waals surface area contributed by atoms with Gasteiger partial charge in [-0.05, 0) is 54.4 Å². The molecule has 0 fully saturated rings. The van der Waals surface area contributed by atoms with Crippen molar-refractivity contribution >= 4 is 34.7 Å². The summed E-state index contributed by atoms with van der Waals surface area (Å²) >= 11 is 5.98. The zero-order valence-corrected chi connectivity index (χ0v) is 17.9. The number of amides is 2. The number of para-hydroxylation sites is 2. The highest BCUT2D eigenvalue weighted by molar-refractivity contribution is 6.30. The minimum Gasteiger partial charge on any atom is -0.378 e. The largest absolute Gasteiger partial charge is 0.378 e. The fourth-order valence-corrected chi connectivity index (χ4v) is 4.47. The molecule has 3 aromatic rings. The highest BCUT2D eigenvalue weighted by atomic mass is 35.5. The Kier molecular flexibility index (Phi) is 5.96. The number of rotatable bonds is 4. The predicted molar refractivity (Wildman–Crippen MR) is 125 cm³/mol. The smallest absolute Gasteiger partial charge is 0.326 e. The van der Waals surface area contributed by atoms with Gasteiger partial charge in [0.2, 0.25) is 0 Å². The molecule has 3 aromatic carbocycles. The van der Waals surface area contributed by atoms with Crippen LogP contribution in [0.25, 0.3) is 0 Å². The monoisotopic (exact) mass is 419 g/mol. The summed E-state index contributed by atoms with van der Waals surface area (Å²) in [4.78, 5) is 15.3. The molecule has 0 bridgehead atoms. The fourth-order valence-electron chi connectivity index (χ4n) is 4.34. The Hall–Kier alpha value is -2.98. The number of nitrogens with one attached hydrogen (secondary N) is 2. The summed E-state index contributed by atoms with van der Waals surface area (Å²) in [6.07, 6.45) is 0.858. The summed E-state index contributed by atoms with van der Waals surface area (Å²) in [6.45, 7) is 4.35. The molecule has 3 atom stereocenters. The molecule has 1 aliphatic heterocycles. The molecule has 5 heteroatoms. The lowest BCUT2D eigenvalue weighted by Gasteiger charge is -2.45. The Morgan fingerprint density at radius 1 is 0.933 bits per heavy atom. The van der Waals surface area contributed by atoms with Gasteiger partial charge >= 0.3 is 6.03 Å². The summed E-state index contributed by atoms with van der Waals surface area (Å²) in [6, 6.07) is 25.7. The van der Waals surface area contributed by atoms with Gasteiger partial charge in [0, 0.05) is 28.4 Å². The van der Waals surface area contributed by atoms with Crippen LogP contribution in [0.15, 0.2) is 78.9 Å². The molecule has 4 rings (SSSR count). The van der Waals surface area contributed by atoms with Crippen molar-refractivity contribution in [3.8, 4) is 0 Å². The quantitative estimate of drug-likeness (QED) is 0.480. The fraction of sp³-hybridized carbons (Fsp3) is 0.240. The van der Waals surface area contributed by atoms with E-state index < -0.39 is 0 Å². The van der Waals surface area contributed by atoms with E-state index in [1.807, 2.05) is 53.4 Å². The number of benzene rings is 3. The van der Waals surface area contributed by atoms with Crippen LogP contribution in [0.5, 0.6) is 0 Å². The SMILES string of the molecule is CC[C@@H]1[C@@H](C)[C@H](Nc2ccccc2)c2ccccc2N1C(=O)Nc1ccc(Cl)cc1. The van der Waals surface area contributed by atoms with E-state index in [4.69, 9.17) is 11.6 Å². The number of hydrogen-bond donors (Lipinski definition) is 2. The molecule has 0 radical (unpaired) electrons. The normalized spacial score (nSPS) is 20.4. The molecule has 4 nitrogen and oxygen atoms in total. The molecule has 0 unspecified atom stereocenters. The second kappa shape index (κ2) is 8.80. The molecule has 0 spiro atoms. The van der Waals surface area contributed by atoms with E-state index in [-0.39, 0.29) is 24.0 Å². The molecule has 0 saturated heterocycles. The molecule has 2 amide bonds. The summed E-state index contributed by atoms with van der Waals surface area (Å²) in [5.41, 5.74) is 3.89. The van der Waals surface area contributed by atoms with E-state index >= 15 is 0 Å². The van der Waals surface area contributed by atoms with Gasteiger partial charge in [-0.25, -0.2) is 4.79 Å². The van der Waals surface area contributed by atoms with E-state index in [0.29, 0.717) is 5.02 Å². The Morgan fingerprint density at radius 3 is 2.30 bits per heavy atom. The third-order valence-corrected chi connectivity index (χ3v) is 6.08. The molecule has 1 heterocycles. The van der Waals surface area contributed by atoms with Crippen LogP contribution in [-0.4, -0.2) is 12.1 Å². The van der Waals surface area contributed by atoms with Crippen molar-refractivity contribution in [2.75, 3.05) is 15.5 Å². The number of carbonyl (C=O) groups is 1. The first-order chi connectivity index (χ1) is 14.6. The van der Waals surface area contributed by atoms with Crippen molar-refractivity contribution in [3.05, 3.63) is 89.4 Å². The molecule has 2 N–H and O–H groups in total. The first-order valence-corrected chi connectivity index (χ1v) is 10.7. The van der Waals surface area contributed by atoms with Gasteiger partial charge in [0.05, 0.1) is 11.7 Å². The average Bonchev–Trinajstić information content (AvgIpc) is 2.77. The lowest BCUT2D eigenvalue weighted by Crippen LogP contribution is -2.51. The van der Waals surface area contributed by atoms with Gasteiger partial charge in [0.25, 0.3) is 0 Å². The molecule has 154 valence electrons. The molecule has 0 saturated carbocycles. The van der Waals surface area contributed by atoms with Crippen LogP contribution in [0.4, 0.5) is 21.9 Å². The van der Waals surface area contributed by atoms with Crippen LogP contribution >= 0.6 is 11.6 Å². The third kappa shape index (κ3) is 4.01. The number of urea groups is 1. The van der Waals surface area contributed by atoms with E-state index in [2.05, 4.69) is 42.7 Å². The van der Waals surface area contributed by atoms with E-state index in [0.717, 1.165) is 29.0 Å². The minimum absolute atomic E-state index is 0.0633.